The second-order valence-corrected chi connectivity index (χ2v) is 19.3. The van der Waals surface area contributed by atoms with E-state index in [0.717, 1.165) is 38.5 Å². The molecule has 9 atom stereocenters. The van der Waals surface area contributed by atoms with Gasteiger partial charge in [0.05, 0.1) is 25.4 Å². The second-order valence-electron chi connectivity index (χ2n) is 19.3. The van der Waals surface area contributed by atoms with E-state index in [4.69, 9.17) is 9.47 Å². The van der Waals surface area contributed by atoms with E-state index < -0.39 is 74.2 Å². The third kappa shape index (κ3) is 31.8. The molecule has 8 N–H and O–H groups in total. The van der Waals surface area contributed by atoms with Crippen LogP contribution < -0.4 is 5.32 Å². The number of carbonyl (C=O) groups excluding carboxylic acids is 1. The molecule has 1 saturated heterocycles. The van der Waals surface area contributed by atoms with E-state index in [1.165, 1.54) is 173 Å². The zero-order valence-electron chi connectivity index (χ0n) is 41.3. The van der Waals surface area contributed by atoms with Crippen molar-refractivity contribution in [1.29, 1.82) is 0 Å². The number of hydrogen-bond acceptors (Lipinski definition) is 10. The average molecular weight is 914 g/mol. The zero-order chi connectivity index (χ0) is 46.9. The average Bonchev–Trinajstić information content (AvgIpc) is 3.29. The number of carbonyl (C=O) groups is 1. The molecular formula is C53H103NO10. The van der Waals surface area contributed by atoms with Gasteiger partial charge in [0.15, 0.2) is 6.29 Å². The van der Waals surface area contributed by atoms with Gasteiger partial charge in [-0.05, 0) is 38.5 Å². The van der Waals surface area contributed by atoms with Crippen molar-refractivity contribution >= 4 is 5.91 Å². The van der Waals surface area contributed by atoms with Crippen LogP contribution in [0.15, 0.2) is 12.2 Å². The summed E-state index contributed by atoms with van der Waals surface area (Å²) < 4.78 is 11.1. The Bertz CT molecular complexity index is 1050. The summed E-state index contributed by atoms with van der Waals surface area (Å²) in [6.45, 7) is 3.45. The van der Waals surface area contributed by atoms with Gasteiger partial charge in [0.1, 0.15) is 36.6 Å². The predicted octanol–water partition coefficient (Wildman–Crippen LogP) is 10.4. The van der Waals surface area contributed by atoms with Gasteiger partial charge >= 0.3 is 0 Å². The molecule has 0 spiro atoms. The second kappa shape index (κ2) is 43.2. The Morgan fingerprint density at radius 2 is 0.922 bits per heavy atom. The molecule has 0 aromatic carbocycles. The SMILES string of the molecule is CCCCCCCCCCCCCCCCCCCCCC/C=C/CCCC(O)C(O)C(COC1OC(CO)C(O)C(O)C1O)NC(=O)C(O)CCCCCCCCCCCCCC. The Morgan fingerprint density at radius 3 is 1.34 bits per heavy atom. The van der Waals surface area contributed by atoms with E-state index in [1.54, 1.807) is 0 Å². The molecule has 9 unspecified atom stereocenters. The fourth-order valence-electron chi connectivity index (χ4n) is 8.85. The molecule has 64 heavy (non-hydrogen) atoms. The highest BCUT2D eigenvalue weighted by Gasteiger charge is 2.44. The lowest BCUT2D eigenvalue weighted by Crippen LogP contribution is -2.60. The van der Waals surface area contributed by atoms with Gasteiger partial charge in [-0.25, -0.2) is 0 Å². The summed E-state index contributed by atoms with van der Waals surface area (Å²) in [5, 5.41) is 75.8. The first-order valence-corrected chi connectivity index (χ1v) is 27.1. The van der Waals surface area contributed by atoms with Crippen molar-refractivity contribution in [3.8, 4) is 0 Å². The third-order valence-electron chi connectivity index (χ3n) is 13.3. The van der Waals surface area contributed by atoms with Crippen LogP contribution in [0.1, 0.15) is 251 Å². The Hall–Kier alpha value is -1.15. The zero-order valence-corrected chi connectivity index (χ0v) is 41.3. The molecule has 1 heterocycles. The minimum Gasteiger partial charge on any atom is -0.394 e. The molecule has 0 radical (unpaired) electrons. The van der Waals surface area contributed by atoms with Crippen LogP contribution in [-0.4, -0.2) is 110 Å². The maximum atomic E-state index is 13.1. The summed E-state index contributed by atoms with van der Waals surface area (Å²) in [6, 6.07) is -1.18. The fourth-order valence-corrected chi connectivity index (χ4v) is 8.85. The number of aliphatic hydroxyl groups is 7. The van der Waals surface area contributed by atoms with Crippen LogP contribution in [0.3, 0.4) is 0 Å². The standard InChI is InChI=1S/C53H103NO10/c1-3-5-7-9-11-13-15-17-18-19-20-21-22-23-24-25-26-27-28-29-31-32-34-36-38-40-45(56)48(58)44(43-63-53-51(61)50(60)49(59)47(42-55)64-53)54-52(62)46(57)41-39-37-35-33-30-16-14-12-10-8-6-4-2/h32,34,44-51,53,55-61H,3-31,33,35-43H2,1-2H3,(H,54,62)/b34-32+. The minimum atomic E-state index is -1.66. The number of amides is 1. The van der Waals surface area contributed by atoms with E-state index in [-0.39, 0.29) is 12.8 Å². The van der Waals surface area contributed by atoms with Gasteiger partial charge in [0.25, 0.3) is 0 Å². The first kappa shape index (κ1) is 60.9. The van der Waals surface area contributed by atoms with Crippen molar-refractivity contribution in [2.24, 2.45) is 0 Å². The van der Waals surface area contributed by atoms with Gasteiger partial charge in [0, 0.05) is 0 Å². The van der Waals surface area contributed by atoms with E-state index in [2.05, 4.69) is 31.3 Å². The van der Waals surface area contributed by atoms with Crippen LogP contribution in [0.2, 0.25) is 0 Å². The van der Waals surface area contributed by atoms with Crippen LogP contribution in [0, 0.1) is 0 Å². The smallest absolute Gasteiger partial charge is 0.249 e. The summed E-state index contributed by atoms with van der Waals surface area (Å²) in [5.41, 5.74) is 0. The Balaban J connectivity index is 2.32. The molecule has 0 bridgehead atoms. The summed E-state index contributed by atoms with van der Waals surface area (Å²) in [4.78, 5) is 13.1. The molecule has 0 aromatic rings. The molecule has 380 valence electrons. The molecule has 1 amide bonds. The van der Waals surface area contributed by atoms with Gasteiger partial charge < -0.3 is 50.5 Å². The van der Waals surface area contributed by atoms with Crippen molar-refractivity contribution in [2.75, 3.05) is 13.2 Å². The minimum absolute atomic E-state index is 0.258. The number of nitrogens with one attached hydrogen (secondary N) is 1. The lowest BCUT2D eigenvalue weighted by atomic mass is 9.98. The predicted molar refractivity (Wildman–Crippen MR) is 261 cm³/mol. The normalized spacial score (nSPS) is 21.0. The molecule has 1 rings (SSSR count). The van der Waals surface area contributed by atoms with Gasteiger partial charge in [-0.1, -0.05) is 225 Å². The molecule has 0 aliphatic carbocycles. The largest absolute Gasteiger partial charge is 0.394 e. The Morgan fingerprint density at radius 1 is 0.531 bits per heavy atom. The van der Waals surface area contributed by atoms with E-state index in [9.17, 15) is 40.5 Å². The van der Waals surface area contributed by atoms with Crippen LogP contribution in [0.25, 0.3) is 0 Å². The summed E-state index contributed by atoms with van der Waals surface area (Å²) in [6.07, 6.45) is 37.1. The lowest BCUT2D eigenvalue weighted by Gasteiger charge is -2.40. The number of ether oxygens (including phenoxy) is 2. The maximum Gasteiger partial charge on any atom is 0.249 e. The third-order valence-corrected chi connectivity index (χ3v) is 13.3. The van der Waals surface area contributed by atoms with Crippen LogP contribution in [0.5, 0.6) is 0 Å². The van der Waals surface area contributed by atoms with Gasteiger partial charge in [0.2, 0.25) is 5.91 Å². The van der Waals surface area contributed by atoms with E-state index in [0.29, 0.717) is 12.8 Å². The van der Waals surface area contributed by atoms with Crippen molar-refractivity contribution in [1.82, 2.24) is 5.32 Å². The summed E-state index contributed by atoms with van der Waals surface area (Å²) in [7, 11) is 0. The van der Waals surface area contributed by atoms with Crippen LogP contribution in [0.4, 0.5) is 0 Å². The first-order valence-electron chi connectivity index (χ1n) is 27.1. The van der Waals surface area contributed by atoms with Gasteiger partial charge in [-0.15, -0.1) is 0 Å². The number of hydrogen-bond donors (Lipinski definition) is 8. The topological polar surface area (TPSA) is 189 Å². The molecular weight excluding hydrogens is 811 g/mol. The van der Waals surface area contributed by atoms with E-state index >= 15 is 0 Å². The highest BCUT2D eigenvalue weighted by atomic mass is 16.7. The quantitative estimate of drug-likeness (QED) is 0.0216. The molecule has 1 fully saturated rings. The van der Waals surface area contributed by atoms with E-state index in [1.807, 2.05) is 0 Å². The monoisotopic (exact) mass is 914 g/mol. The highest BCUT2D eigenvalue weighted by Crippen LogP contribution is 2.23. The summed E-state index contributed by atoms with van der Waals surface area (Å²) in [5.74, 6) is -0.704. The van der Waals surface area contributed by atoms with Gasteiger partial charge in [-0.3, -0.25) is 4.79 Å². The molecule has 1 aliphatic rings. The van der Waals surface area contributed by atoms with Crippen LogP contribution in [-0.2, 0) is 14.3 Å². The molecule has 0 aromatic heterocycles. The molecule has 11 nitrogen and oxygen atoms in total. The van der Waals surface area contributed by atoms with Crippen molar-refractivity contribution < 1.29 is 50.0 Å². The van der Waals surface area contributed by atoms with Crippen LogP contribution >= 0.6 is 0 Å². The summed E-state index contributed by atoms with van der Waals surface area (Å²) >= 11 is 0. The Kier molecular flexibility index (Phi) is 41.0. The first-order chi connectivity index (χ1) is 31.2. The van der Waals surface area contributed by atoms with Gasteiger partial charge in [-0.2, -0.15) is 0 Å². The molecule has 11 heteroatoms. The van der Waals surface area contributed by atoms with Crippen molar-refractivity contribution in [3.63, 3.8) is 0 Å². The Labute approximate surface area is 392 Å². The number of aliphatic hydroxyl groups excluding tert-OH is 7. The maximum absolute atomic E-state index is 13.1. The fraction of sp³-hybridized carbons (Fsp3) is 0.943. The number of unbranched alkanes of at least 4 members (excludes halogenated alkanes) is 32. The highest BCUT2D eigenvalue weighted by molar-refractivity contribution is 5.80. The molecule has 1 aliphatic heterocycles. The van der Waals surface area contributed by atoms with Crippen molar-refractivity contribution in [3.05, 3.63) is 12.2 Å². The van der Waals surface area contributed by atoms with Crippen molar-refractivity contribution in [2.45, 2.75) is 306 Å². The molecule has 0 saturated carbocycles. The number of rotatable bonds is 46. The number of allylic oxidation sites excluding steroid dienone is 2. The lowest BCUT2D eigenvalue weighted by molar-refractivity contribution is -0.303.